The Bertz CT molecular complexity index is 964. The molecule has 1 unspecified atom stereocenters. The number of benzene rings is 3. The number of hydrogen-bond donors (Lipinski definition) is 1. The van der Waals surface area contributed by atoms with E-state index >= 15 is 0 Å². The van der Waals surface area contributed by atoms with Gasteiger partial charge < -0.3 is 5.32 Å². The van der Waals surface area contributed by atoms with E-state index in [1.165, 1.54) is 12.1 Å². The molecule has 27 heavy (non-hydrogen) atoms. The molecule has 0 bridgehead atoms. The average molecular weight is 360 g/mol. The number of carbonyl (C=O) groups is 1. The normalized spacial score (nSPS) is 11.6. The van der Waals surface area contributed by atoms with Crippen molar-refractivity contribution in [3.05, 3.63) is 111 Å². The quantitative estimate of drug-likeness (QED) is 0.528. The van der Waals surface area contributed by atoms with Gasteiger partial charge in [0.15, 0.2) is 0 Å². The predicted molar refractivity (Wildman–Crippen MR) is 105 cm³/mol. The number of nitrogens with zero attached hydrogens (tertiary/aromatic N) is 1. The van der Waals surface area contributed by atoms with Crippen molar-refractivity contribution >= 4 is 11.6 Å². The fraction of sp³-hybridized carbons (Fsp3) is 0.136. The van der Waals surface area contributed by atoms with Gasteiger partial charge in [-0.05, 0) is 37.1 Å². The number of nitrogens with one attached hydrogen (secondary N) is 1. The summed E-state index contributed by atoms with van der Waals surface area (Å²) in [7, 11) is 0. The van der Waals surface area contributed by atoms with Gasteiger partial charge in [-0.1, -0.05) is 59.7 Å². The first-order chi connectivity index (χ1) is 12.9. The van der Waals surface area contributed by atoms with Crippen molar-refractivity contribution in [1.29, 1.82) is 0 Å². The van der Waals surface area contributed by atoms with Crippen molar-refractivity contribution < 1.29 is 9.72 Å². The van der Waals surface area contributed by atoms with Crippen molar-refractivity contribution in [3.63, 3.8) is 0 Å². The molecule has 0 aliphatic heterocycles. The first-order valence-electron chi connectivity index (χ1n) is 8.62. The maximum atomic E-state index is 12.8. The molecular weight excluding hydrogens is 340 g/mol. The molecule has 0 saturated carbocycles. The topological polar surface area (TPSA) is 72.2 Å². The summed E-state index contributed by atoms with van der Waals surface area (Å²) in [4.78, 5) is 23.5. The first kappa shape index (κ1) is 18.3. The largest absolute Gasteiger partial charge is 0.341 e. The number of hydrogen-bond acceptors (Lipinski definition) is 3. The second-order valence-electron chi connectivity index (χ2n) is 6.54. The van der Waals surface area contributed by atoms with Gasteiger partial charge in [-0.3, -0.25) is 14.9 Å². The third-order valence-corrected chi connectivity index (χ3v) is 4.41. The minimum Gasteiger partial charge on any atom is -0.341 e. The van der Waals surface area contributed by atoms with Gasteiger partial charge >= 0.3 is 0 Å². The zero-order valence-electron chi connectivity index (χ0n) is 15.2. The lowest BCUT2D eigenvalue weighted by Gasteiger charge is -2.20. The molecule has 0 radical (unpaired) electrons. The Morgan fingerprint density at radius 1 is 0.889 bits per heavy atom. The average Bonchev–Trinajstić information content (AvgIpc) is 2.67. The van der Waals surface area contributed by atoms with Crippen molar-refractivity contribution in [2.75, 3.05) is 0 Å². The molecule has 5 nitrogen and oxygen atoms in total. The predicted octanol–water partition coefficient (Wildman–Crippen LogP) is 4.73. The molecule has 1 atom stereocenters. The van der Waals surface area contributed by atoms with E-state index in [9.17, 15) is 14.9 Å². The maximum Gasteiger partial charge on any atom is 0.269 e. The van der Waals surface area contributed by atoms with E-state index in [1.54, 1.807) is 24.3 Å². The summed E-state index contributed by atoms with van der Waals surface area (Å²) in [6.07, 6.45) is 0. The molecule has 1 amide bonds. The summed E-state index contributed by atoms with van der Waals surface area (Å²) >= 11 is 0. The monoisotopic (exact) mass is 360 g/mol. The van der Waals surface area contributed by atoms with Gasteiger partial charge in [0.25, 0.3) is 11.6 Å². The number of aryl methyl sites for hydroxylation is 2. The zero-order valence-corrected chi connectivity index (χ0v) is 15.2. The Morgan fingerprint density at radius 3 is 2.07 bits per heavy atom. The lowest BCUT2D eigenvalue weighted by molar-refractivity contribution is -0.384. The van der Waals surface area contributed by atoms with Crippen LogP contribution in [0.2, 0.25) is 0 Å². The van der Waals surface area contributed by atoms with Crippen molar-refractivity contribution in [3.8, 4) is 0 Å². The van der Waals surface area contributed by atoms with Crippen molar-refractivity contribution in [1.82, 2.24) is 5.32 Å². The van der Waals surface area contributed by atoms with Crippen molar-refractivity contribution in [2.24, 2.45) is 0 Å². The number of nitro benzene ring substituents is 1. The Labute approximate surface area is 157 Å². The Kier molecular flexibility index (Phi) is 5.31. The van der Waals surface area contributed by atoms with Crippen molar-refractivity contribution in [2.45, 2.75) is 19.9 Å². The van der Waals surface area contributed by atoms with Crippen LogP contribution in [0.3, 0.4) is 0 Å². The molecular formula is C22H20N2O3. The minimum absolute atomic E-state index is 0.00537. The summed E-state index contributed by atoms with van der Waals surface area (Å²) < 4.78 is 0. The van der Waals surface area contributed by atoms with Crippen LogP contribution in [0.25, 0.3) is 0 Å². The first-order valence-corrected chi connectivity index (χ1v) is 8.62. The highest BCUT2D eigenvalue weighted by molar-refractivity contribution is 5.94. The van der Waals surface area contributed by atoms with Crippen LogP contribution in [0.5, 0.6) is 0 Å². The molecule has 136 valence electrons. The highest BCUT2D eigenvalue weighted by Crippen LogP contribution is 2.26. The molecule has 3 aromatic rings. The standard InChI is InChI=1S/C22H20N2O3/c1-15-6-10-17(11-7-15)21(19-4-3-5-20(14-19)24(26)27)23-22(25)18-12-8-16(2)9-13-18/h3-14,21H,1-2H3,(H,23,25). The van der Waals surface area contributed by atoms with E-state index in [-0.39, 0.29) is 11.6 Å². The second-order valence-corrected chi connectivity index (χ2v) is 6.54. The van der Waals surface area contributed by atoms with Crippen LogP contribution < -0.4 is 5.32 Å². The third kappa shape index (κ3) is 4.39. The van der Waals surface area contributed by atoms with Gasteiger partial charge in [-0.2, -0.15) is 0 Å². The summed E-state index contributed by atoms with van der Waals surface area (Å²) in [5, 5.41) is 14.2. The van der Waals surface area contributed by atoms with Crippen LogP contribution >= 0.6 is 0 Å². The molecule has 0 aliphatic rings. The Hall–Kier alpha value is -3.47. The Morgan fingerprint density at radius 2 is 1.48 bits per heavy atom. The number of non-ortho nitro benzene ring substituents is 1. The molecule has 0 saturated heterocycles. The minimum atomic E-state index is -0.487. The van der Waals surface area contributed by atoms with Gasteiger partial charge in [-0.15, -0.1) is 0 Å². The highest BCUT2D eigenvalue weighted by Gasteiger charge is 2.20. The lowest BCUT2D eigenvalue weighted by Crippen LogP contribution is -2.29. The number of nitro groups is 1. The smallest absolute Gasteiger partial charge is 0.269 e. The van der Waals surface area contributed by atoms with E-state index in [0.29, 0.717) is 11.1 Å². The summed E-state index contributed by atoms with van der Waals surface area (Å²) in [6, 6.07) is 20.9. The number of amides is 1. The molecule has 0 heterocycles. The van der Waals surface area contributed by atoms with Crippen LogP contribution in [0.4, 0.5) is 5.69 Å². The fourth-order valence-corrected chi connectivity index (χ4v) is 2.86. The second kappa shape index (κ2) is 7.83. The van der Waals surface area contributed by atoms with Gasteiger partial charge in [0.2, 0.25) is 0 Å². The van der Waals surface area contributed by atoms with Crippen LogP contribution in [0, 0.1) is 24.0 Å². The molecule has 0 fully saturated rings. The van der Waals surface area contributed by atoms with E-state index < -0.39 is 11.0 Å². The molecule has 0 aliphatic carbocycles. The number of carbonyl (C=O) groups excluding carboxylic acids is 1. The van der Waals surface area contributed by atoms with Crippen LogP contribution in [-0.2, 0) is 0 Å². The Balaban J connectivity index is 1.98. The van der Waals surface area contributed by atoms with E-state index in [4.69, 9.17) is 0 Å². The van der Waals surface area contributed by atoms with Crippen LogP contribution in [0.15, 0.2) is 72.8 Å². The van der Waals surface area contributed by atoms with Gasteiger partial charge in [0, 0.05) is 17.7 Å². The third-order valence-electron chi connectivity index (χ3n) is 4.41. The SMILES string of the molecule is Cc1ccc(C(=O)NC(c2ccc(C)cc2)c2cccc([N+](=O)[O-])c2)cc1. The molecule has 3 aromatic carbocycles. The zero-order chi connectivity index (χ0) is 19.4. The summed E-state index contributed by atoms with van der Waals surface area (Å²) in [6.45, 7) is 3.94. The molecule has 0 spiro atoms. The molecule has 5 heteroatoms. The number of rotatable bonds is 5. The molecule has 1 N–H and O–H groups in total. The van der Waals surface area contributed by atoms with Crippen LogP contribution in [0.1, 0.15) is 38.7 Å². The van der Waals surface area contributed by atoms with E-state index in [2.05, 4.69) is 5.32 Å². The molecule has 3 rings (SSSR count). The van der Waals surface area contributed by atoms with E-state index in [1.807, 2.05) is 50.2 Å². The summed E-state index contributed by atoms with van der Waals surface area (Å²) in [5.74, 6) is -0.230. The van der Waals surface area contributed by atoms with Gasteiger partial charge in [0.05, 0.1) is 11.0 Å². The van der Waals surface area contributed by atoms with Crippen LogP contribution in [-0.4, -0.2) is 10.8 Å². The van der Waals surface area contributed by atoms with Gasteiger partial charge in [0.1, 0.15) is 0 Å². The lowest BCUT2D eigenvalue weighted by atomic mass is 9.97. The summed E-state index contributed by atoms with van der Waals surface area (Å²) in [5.41, 5.74) is 4.23. The molecule has 0 aromatic heterocycles. The maximum absolute atomic E-state index is 12.8. The van der Waals surface area contributed by atoms with Gasteiger partial charge in [-0.25, -0.2) is 0 Å². The highest BCUT2D eigenvalue weighted by atomic mass is 16.6. The van der Waals surface area contributed by atoms with E-state index in [0.717, 1.165) is 16.7 Å². The fourth-order valence-electron chi connectivity index (χ4n) is 2.86.